The first-order valence-electron chi connectivity index (χ1n) is 15.1. The van der Waals surface area contributed by atoms with Gasteiger partial charge >= 0.3 is 0 Å². The van der Waals surface area contributed by atoms with Crippen molar-refractivity contribution in [2.45, 2.75) is 87.9 Å². The molecule has 6 heterocycles. The first-order valence-corrected chi connectivity index (χ1v) is 15.1. The highest BCUT2D eigenvalue weighted by atomic mass is 16.6. The second-order valence-electron chi connectivity index (χ2n) is 11.7. The van der Waals surface area contributed by atoms with Crippen molar-refractivity contribution >= 4 is 10.9 Å². The van der Waals surface area contributed by atoms with E-state index in [0.29, 0.717) is 6.61 Å². The van der Waals surface area contributed by atoms with E-state index in [1.165, 1.54) is 61.5 Å². The fraction of sp³-hybridized carbons (Fsp3) is 0.733. The standard InChI is InChI=1S/C30H44N4O3/c1-5-15-32(16-6-1)30(33-17-7-8-18-33)29(27-13-10-21-35-27,26-23-24-11-2-3-12-25(24)31-26)37-22-19-34(30)28-14-4-9-20-36-28/h2-3,11-12,23,27-28,31H,1,4-10,13-22H2. The number of morpholine rings is 1. The first kappa shape index (κ1) is 24.6. The van der Waals surface area contributed by atoms with E-state index in [9.17, 15) is 0 Å². The van der Waals surface area contributed by atoms with Crippen LogP contribution in [0.25, 0.3) is 10.9 Å². The van der Waals surface area contributed by atoms with E-state index < -0.39 is 11.4 Å². The molecule has 37 heavy (non-hydrogen) atoms. The fourth-order valence-electron chi connectivity index (χ4n) is 8.27. The number of aromatic amines is 1. The third kappa shape index (κ3) is 3.84. The highest BCUT2D eigenvalue weighted by molar-refractivity contribution is 5.80. The lowest BCUT2D eigenvalue weighted by Crippen LogP contribution is -2.85. The van der Waals surface area contributed by atoms with Crippen molar-refractivity contribution < 1.29 is 14.2 Å². The van der Waals surface area contributed by atoms with Gasteiger partial charge in [-0.25, -0.2) is 4.90 Å². The summed E-state index contributed by atoms with van der Waals surface area (Å²) in [5.41, 5.74) is 1.71. The average Bonchev–Trinajstić information content (AvgIpc) is 3.75. The SMILES string of the molecule is c1ccc2[nH]c(C3(C4CCCO4)OCCN(C4CCCCO4)C3(N3CCCCC3)N3CCCC3)cc2c1. The van der Waals surface area contributed by atoms with Crippen molar-refractivity contribution in [3.8, 4) is 0 Å². The number of H-pyrrole nitrogens is 1. The van der Waals surface area contributed by atoms with Gasteiger partial charge in [0.2, 0.25) is 0 Å². The molecule has 0 amide bonds. The number of para-hydroxylation sites is 1. The minimum absolute atomic E-state index is 0.00511. The molecule has 4 unspecified atom stereocenters. The Balaban J connectivity index is 1.49. The third-order valence-corrected chi connectivity index (χ3v) is 9.72. The van der Waals surface area contributed by atoms with Gasteiger partial charge in [-0.15, -0.1) is 0 Å². The van der Waals surface area contributed by atoms with Gasteiger partial charge in [0.25, 0.3) is 0 Å². The van der Waals surface area contributed by atoms with Gasteiger partial charge in [0.1, 0.15) is 6.23 Å². The van der Waals surface area contributed by atoms with Crippen molar-refractivity contribution in [1.82, 2.24) is 19.7 Å². The smallest absolute Gasteiger partial charge is 0.179 e. The highest BCUT2D eigenvalue weighted by Gasteiger charge is 2.71. The second kappa shape index (κ2) is 10.2. The Morgan fingerprint density at radius 1 is 0.730 bits per heavy atom. The normalized spacial score (nSPS) is 37.0. The maximum atomic E-state index is 7.33. The lowest BCUT2D eigenvalue weighted by Gasteiger charge is -2.68. The largest absolute Gasteiger partial charge is 0.375 e. The Kier molecular flexibility index (Phi) is 6.80. The molecule has 0 bridgehead atoms. The van der Waals surface area contributed by atoms with Gasteiger partial charge in [-0.3, -0.25) is 9.80 Å². The Morgan fingerprint density at radius 2 is 1.49 bits per heavy atom. The number of benzene rings is 1. The number of piperidine rings is 1. The predicted molar refractivity (Wildman–Crippen MR) is 144 cm³/mol. The van der Waals surface area contributed by atoms with Crippen LogP contribution < -0.4 is 0 Å². The Morgan fingerprint density at radius 3 is 2.19 bits per heavy atom. The minimum atomic E-state index is -0.650. The van der Waals surface area contributed by atoms with Gasteiger partial charge in [-0.1, -0.05) is 24.6 Å². The molecule has 0 spiro atoms. The predicted octanol–water partition coefficient (Wildman–Crippen LogP) is 4.64. The van der Waals surface area contributed by atoms with Gasteiger partial charge in [-0.05, 0) is 75.3 Å². The first-order chi connectivity index (χ1) is 18.3. The van der Waals surface area contributed by atoms with Gasteiger partial charge in [0.15, 0.2) is 11.4 Å². The zero-order valence-corrected chi connectivity index (χ0v) is 22.3. The number of nitrogens with one attached hydrogen (secondary N) is 1. The van der Waals surface area contributed by atoms with E-state index in [1.54, 1.807) is 0 Å². The molecule has 4 atom stereocenters. The van der Waals surface area contributed by atoms with Crippen LogP contribution in [0.4, 0.5) is 0 Å². The number of nitrogens with zero attached hydrogens (tertiary/aromatic N) is 3. The van der Waals surface area contributed by atoms with E-state index in [1.807, 2.05) is 0 Å². The summed E-state index contributed by atoms with van der Waals surface area (Å²) in [6.45, 7) is 7.64. The summed E-state index contributed by atoms with van der Waals surface area (Å²) in [5.74, 6) is -0.444. The Bertz CT molecular complexity index is 1020. The van der Waals surface area contributed by atoms with Gasteiger partial charge in [0.05, 0.1) is 18.4 Å². The number of hydrogen-bond donors (Lipinski definition) is 1. The number of fused-ring (bicyclic) bond motifs is 1. The molecule has 5 aliphatic heterocycles. The van der Waals surface area contributed by atoms with Gasteiger partial charge in [-0.2, -0.15) is 0 Å². The quantitative estimate of drug-likeness (QED) is 0.635. The molecule has 0 radical (unpaired) electrons. The number of aromatic nitrogens is 1. The Labute approximate surface area is 221 Å². The van der Waals surface area contributed by atoms with Crippen LogP contribution in [-0.2, 0) is 19.8 Å². The molecule has 202 valence electrons. The van der Waals surface area contributed by atoms with E-state index in [-0.39, 0.29) is 12.3 Å². The number of likely N-dealkylation sites (tertiary alicyclic amines) is 2. The fourth-order valence-corrected chi connectivity index (χ4v) is 8.27. The van der Waals surface area contributed by atoms with Crippen molar-refractivity contribution in [1.29, 1.82) is 0 Å². The maximum Gasteiger partial charge on any atom is 0.179 e. The molecule has 7 rings (SSSR count). The van der Waals surface area contributed by atoms with Crippen LogP contribution in [0.3, 0.4) is 0 Å². The van der Waals surface area contributed by atoms with E-state index in [4.69, 9.17) is 14.2 Å². The summed E-state index contributed by atoms with van der Waals surface area (Å²) in [6.07, 6.45) is 12.0. The zero-order chi connectivity index (χ0) is 24.7. The summed E-state index contributed by atoms with van der Waals surface area (Å²) in [7, 11) is 0. The molecule has 1 N–H and O–H groups in total. The number of hydrogen-bond acceptors (Lipinski definition) is 6. The molecular formula is C30H44N4O3. The van der Waals surface area contributed by atoms with E-state index >= 15 is 0 Å². The van der Waals surface area contributed by atoms with Crippen LogP contribution in [0, 0.1) is 0 Å². The lowest BCUT2D eigenvalue weighted by atomic mass is 9.77. The highest BCUT2D eigenvalue weighted by Crippen LogP contribution is 2.55. The van der Waals surface area contributed by atoms with Gasteiger partial charge < -0.3 is 19.2 Å². The van der Waals surface area contributed by atoms with Crippen LogP contribution in [-0.4, -0.2) is 90.3 Å². The second-order valence-corrected chi connectivity index (χ2v) is 11.7. The van der Waals surface area contributed by atoms with Crippen LogP contribution in [0.2, 0.25) is 0 Å². The molecule has 1 aromatic carbocycles. The number of ether oxygens (including phenoxy) is 3. The maximum absolute atomic E-state index is 7.33. The molecular weight excluding hydrogens is 464 g/mol. The summed E-state index contributed by atoms with van der Waals surface area (Å²) in [4.78, 5) is 12.3. The van der Waals surface area contributed by atoms with E-state index in [2.05, 4.69) is 50.0 Å². The van der Waals surface area contributed by atoms with Crippen molar-refractivity contribution in [3.05, 3.63) is 36.0 Å². The van der Waals surface area contributed by atoms with Crippen LogP contribution in [0.15, 0.2) is 30.3 Å². The van der Waals surface area contributed by atoms with Crippen molar-refractivity contribution in [3.63, 3.8) is 0 Å². The van der Waals surface area contributed by atoms with Crippen LogP contribution >= 0.6 is 0 Å². The molecule has 2 aromatic rings. The van der Waals surface area contributed by atoms with Crippen molar-refractivity contribution in [2.75, 3.05) is 52.5 Å². The molecule has 5 fully saturated rings. The lowest BCUT2D eigenvalue weighted by molar-refractivity contribution is -0.371. The summed E-state index contributed by atoms with van der Waals surface area (Å²) in [5, 5.41) is 1.25. The molecule has 7 heteroatoms. The van der Waals surface area contributed by atoms with E-state index in [0.717, 1.165) is 65.2 Å². The topological polar surface area (TPSA) is 53.2 Å². The zero-order valence-electron chi connectivity index (χ0n) is 22.3. The molecule has 0 aliphatic carbocycles. The van der Waals surface area contributed by atoms with Crippen LogP contribution in [0.5, 0.6) is 0 Å². The van der Waals surface area contributed by atoms with Crippen LogP contribution in [0.1, 0.15) is 69.9 Å². The summed E-state index contributed by atoms with van der Waals surface area (Å²) < 4.78 is 20.7. The summed E-state index contributed by atoms with van der Waals surface area (Å²) >= 11 is 0. The van der Waals surface area contributed by atoms with Gasteiger partial charge in [0, 0.05) is 51.5 Å². The van der Waals surface area contributed by atoms with Crippen molar-refractivity contribution in [2.24, 2.45) is 0 Å². The number of rotatable bonds is 5. The third-order valence-electron chi connectivity index (χ3n) is 9.72. The minimum Gasteiger partial charge on any atom is -0.375 e. The molecule has 5 aliphatic rings. The summed E-state index contributed by atoms with van der Waals surface area (Å²) in [6, 6.07) is 11.1. The molecule has 0 saturated carbocycles. The molecule has 7 nitrogen and oxygen atoms in total. The molecule has 5 saturated heterocycles. The average molecular weight is 509 g/mol. The Hall–Kier alpha value is -1.48. The molecule has 1 aromatic heterocycles. The monoisotopic (exact) mass is 508 g/mol.